The summed E-state index contributed by atoms with van der Waals surface area (Å²) in [5, 5.41) is 5.00. The minimum atomic E-state index is -0.330. The van der Waals surface area contributed by atoms with Gasteiger partial charge in [0.15, 0.2) is 16.6 Å². The summed E-state index contributed by atoms with van der Waals surface area (Å²) in [5.74, 6) is 0.899. The van der Waals surface area contributed by atoms with E-state index >= 15 is 0 Å². The first-order chi connectivity index (χ1) is 13.0. The van der Waals surface area contributed by atoms with Crippen molar-refractivity contribution in [2.75, 3.05) is 19.5 Å². The van der Waals surface area contributed by atoms with Crippen LogP contribution in [0.4, 0.5) is 5.13 Å². The highest BCUT2D eigenvalue weighted by Crippen LogP contribution is 2.33. The molecule has 7 nitrogen and oxygen atoms in total. The monoisotopic (exact) mass is 449 g/mol. The molecule has 1 N–H and O–H groups in total. The fourth-order valence-electron chi connectivity index (χ4n) is 2.40. The lowest BCUT2D eigenvalue weighted by molar-refractivity contribution is -0.116. The maximum atomic E-state index is 12.2. The van der Waals surface area contributed by atoms with E-state index in [4.69, 9.17) is 9.47 Å². The van der Waals surface area contributed by atoms with Crippen LogP contribution in [0.2, 0.25) is 0 Å². The fraction of sp³-hybridized carbons (Fsp3) is 0.167. The summed E-state index contributed by atoms with van der Waals surface area (Å²) in [5.41, 5.74) is 1.29. The molecule has 0 aliphatic heterocycles. The first kappa shape index (κ1) is 19.1. The Bertz CT molecular complexity index is 1030. The number of benzene rings is 1. The van der Waals surface area contributed by atoms with Crippen LogP contribution >= 0.6 is 27.3 Å². The molecular weight excluding hydrogens is 434 g/mol. The molecule has 1 aromatic carbocycles. The molecule has 140 valence electrons. The number of nitrogens with zero attached hydrogens (tertiary/aromatic N) is 2. The van der Waals surface area contributed by atoms with Gasteiger partial charge >= 0.3 is 0 Å². The lowest BCUT2D eigenvalue weighted by Gasteiger charge is -2.08. The van der Waals surface area contributed by atoms with E-state index in [9.17, 15) is 9.59 Å². The number of pyridine rings is 1. The molecule has 0 atom stereocenters. The number of carbonyl (C=O) groups is 1. The van der Waals surface area contributed by atoms with Crippen molar-refractivity contribution in [1.82, 2.24) is 9.55 Å². The number of carbonyl (C=O) groups excluding carboxylic acids is 1. The number of hydrogen-bond donors (Lipinski definition) is 1. The number of rotatable bonds is 6. The van der Waals surface area contributed by atoms with Gasteiger partial charge in [0.25, 0.3) is 5.56 Å². The summed E-state index contributed by atoms with van der Waals surface area (Å²) in [4.78, 5) is 28.4. The number of aromatic nitrogens is 2. The van der Waals surface area contributed by atoms with Gasteiger partial charge in [-0.1, -0.05) is 0 Å². The molecule has 0 aliphatic carbocycles. The quantitative estimate of drug-likeness (QED) is 0.623. The second-order valence-corrected chi connectivity index (χ2v) is 7.24. The van der Waals surface area contributed by atoms with Crippen LogP contribution in [-0.4, -0.2) is 29.7 Å². The van der Waals surface area contributed by atoms with Gasteiger partial charge in [0, 0.05) is 27.7 Å². The summed E-state index contributed by atoms with van der Waals surface area (Å²) in [6.07, 6.45) is 1.57. The van der Waals surface area contributed by atoms with Gasteiger partial charge in [0.2, 0.25) is 5.91 Å². The van der Waals surface area contributed by atoms with Crippen molar-refractivity contribution < 1.29 is 14.3 Å². The summed E-state index contributed by atoms with van der Waals surface area (Å²) < 4.78 is 12.6. The summed E-state index contributed by atoms with van der Waals surface area (Å²) in [7, 11) is 3.14. The number of amides is 1. The number of nitrogens with one attached hydrogen (secondary N) is 1. The van der Waals surface area contributed by atoms with Gasteiger partial charge in [-0.2, -0.15) is 0 Å². The molecule has 0 saturated heterocycles. The third kappa shape index (κ3) is 4.55. The van der Waals surface area contributed by atoms with Crippen LogP contribution in [0.1, 0.15) is 0 Å². The largest absolute Gasteiger partial charge is 0.493 e. The van der Waals surface area contributed by atoms with Gasteiger partial charge in [-0.25, -0.2) is 4.98 Å². The Kier molecular flexibility index (Phi) is 5.92. The number of anilines is 1. The molecule has 0 saturated carbocycles. The highest BCUT2D eigenvalue weighted by Gasteiger charge is 2.12. The van der Waals surface area contributed by atoms with E-state index in [1.807, 2.05) is 17.5 Å². The molecule has 3 rings (SSSR count). The van der Waals surface area contributed by atoms with Crippen molar-refractivity contribution in [2.24, 2.45) is 0 Å². The first-order valence-electron chi connectivity index (χ1n) is 7.84. The van der Waals surface area contributed by atoms with E-state index in [0.29, 0.717) is 22.3 Å². The Labute approximate surface area is 167 Å². The zero-order valence-corrected chi connectivity index (χ0v) is 17.0. The number of thiazole rings is 1. The van der Waals surface area contributed by atoms with Crippen LogP contribution < -0.4 is 20.3 Å². The van der Waals surface area contributed by atoms with Crippen molar-refractivity contribution in [3.8, 4) is 22.8 Å². The highest BCUT2D eigenvalue weighted by molar-refractivity contribution is 9.10. The van der Waals surface area contributed by atoms with Crippen molar-refractivity contribution >= 4 is 38.3 Å². The molecule has 9 heteroatoms. The van der Waals surface area contributed by atoms with Gasteiger partial charge in [0.05, 0.1) is 19.9 Å². The van der Waals surface area contributed by atoms with Gasteiger partial charge in [-0.15, -0.1) is 11.3 Å². The normalized spacial score (nSPS) is 10.5. The van der Waals surface area contributed by atoms with E-state index in [-0.39, 0.29) is 18.0 Å². The van der Waals surface area contributed by atoms with Crippen LogP contribution in [0, 0.1) is 0 Å². The van der Waals surface area contributed by atoms with Crippen LogP contribution in [0.5, 0.6) is 11.5 Å². The molecule has 0 radical (unpaired) electrons. The molecule has 3 aromatic rings. The maximum absolute atomic E-state index is 12.2. The zero-order chi connectivity index (χ0) is 19.4. The molecule has 0 spiro atoms. The molecule has 0 aliphatic rings. The number of ether oxygens (including phenoxy) is 2. The van der Waals surface area contributed by atoms with Gasteiger partial charge in [0.1, 0.15) is 6.54 Å². The minimum Gasteiger partial charge on any atom is -0.493 e. The molecule has 1 amide bonds. The van der Waals surface area contributed by atoms with E-state index in [0.717, 1.165) is 10.0 Å². The van der Waals surface area contributed by atoms with Gasteiger partial charge in [-0.3, -0.25) is 9.59 Å². The van der Waals surface area contributed by atoms with Crippen LogP contribution in [0.15, 0.2) is 51.2 Å². The van der Waals surface area contributed by atoms with Crippen LogP contribution in [-0.2, 0) is 11.3 Å². The average molecular weight is 450 g/mol. The molecule has 27 heavy (non-hydrogen) atoms. The van der Waals surface area contributed by atoms with Crippen molar-refractivity contribution in [1.29, 1.82) is 0 Å². The standard InChI is InChI=1S/C18H16BrN3O4S/c1-25-14-5-3-11(7-15(14)26-2)13-10-27-18(20-13)21-16(23)9-22-8-12(19)4-6-17(22)24/h3-8,10H,9H2,1-2H3,(H,20,21,23). The van der Waals surface area contributed by atoms with Crippen molar-refractivity contribution in [3.05, 3.63) is 56.7 Å². The Morgan fingerprint density at radius 3 is 2.74 bits per heavy atom. The van der Waals surface area contributed by atoms with Gasteiger partial charge < -0.3 is 19.4 Å². The third-order valence-electron chi connectivity index (χ3n) is 3.69. The van der Waals surface area contributed by atoms with E-state index in [1.54, 1.807) is 32.5 Å². The molecule has 2 heterocycles. The molecular formula is C18H16BrN3O4S. The fourth-order valence-corrected chi connectivity index (χ4v) is 3.51. The second-order valence-electron chi connectivity index (χ2n) is 5.47. The Morgan fingerprint density at radius 1 is 1.22 bits per heavy atom. The highest BCUT2D eigenvalue weighted by atomic mass is 79.9. The molecule has 0 unspecified atom stereocenters. The number of hydrogen-bond acceptors (Lipinski definition) is 6. The molecule has 0 fully saturated rings. The summed E-state index contributed by atoms with van der Waals surface area (Å²) in [6.45, 7) is -0.0937. The Balaban J connectivity index is 1.73. The second kappa shape index (κ2) is 8.36. The average Bonchev–Trinajstić information content (AvgIpc) is 3.12. The van der Waals surface area contributed by atoms with Crippen LogP contribution in [0.25, 0.3) is 11.3 Å². The van der Waals surface area contributed by atoms with Crippen LogP contribution in [0.3, 0.4) is 0 Å². The minimum absolute atomic E-state index is 0.0937. The van der Waals surface area contributed by atoms with E-state index in [1.165, 1.54) is 22.0 Å². The number of halogens is 1. The van der Waals surface area contributed by atoms with Crippen molar-refractivity contribution in [2.45, 2.75) is 6.54 Å². The smallest absolute Gasteiger partial charge is 0.251 e. The lowest BCUT2D eigenvalue weighted by Crippen LogP contribution is -2.26. The van der Waals surface area contributed by atoms with E-state index in [2.05, 4.69) is 26.2 Å². The van der Waals surface area contributed by atoms with E-state index < -0.39 is 0 Å². The summed E-state index contributed by atoms with van der Waals surface area (Å²) in [6, 6.07) is 8.51. The van der Waals surface area contributed by atoms with Crippen molar-refractivity contribution in [3.63, 3.8) is 0 Å². The maximum Gasteiger partial charge on any atom is 0.251 e. The van der Waals surface area contributed by atoms with Gasteiger partial charge in [-0.05, 0) is 40.2 Å². The summed E-state index contributed by atoms with van der Waals surface area (Å²) >= 11 is 4.59. The SMILES string of the molecule is COc1ccc(-c2csc(NC(=O)Cn3cc(Br)ccc3=O)n2)cc1OC. The Hall–Kier alpha value is -2.65. The molecule has 0 bridgehead atoms. The Morgan fingerprint density at radius 2 is 2.00 bits per heavy atom. The number of methoxy groups -OCH3 is 2. The predicted octanol–water partition coefficient (Wildman–Crippen LogP) is 3.39. The topological polar surface area (TPSA) is 82.5 Å². The third-order valence-corrected chi connectivity index (χ3v) is 4.92. The first-order valence-corrected chi connectivity index (χ1v) is 9.51. The lowest BCUT2D eigenvalue weighted by atomic mass is 10.1. The zero-order valence-electron chi connectivity index (χ0n) is 14.6. The molecule has 2 aromatic heterocycles. The predicted molar refractivity (Wildman–Crippen MR) is 108 cm³/mol.